The second-order valence-corrected chi connectivity index (χ2v) is 5.05. The van der Waals surface area contributed by atoms with E-state index in [1.807, 2.05) is 14.1 Å². The molecule has 20 heavy (non-hydrogen) atoms. The molecule has 0 aliphatic heterocycles. The summed E-state index contributed by atoms with van der Waals surface area (Å²) in [7, 11) is 3.88. The maximum Gasteiger partial charge on any atom is 0.163 e. The van der Waals surface area contributed by atoms with E-state index in [9.17, 15) is 0 Å². The average molecular weight is 278 g/mol. The number of unbranched alkanes of at least 4 members (excludes halogenated alkanes) is 2. The summed E-state index contributed by atoms with van der Waals surface area (Å²) >= 11 is 0. The Labute approximate surface area is 118 Å². The first-order chi connectivity index (χ1) is 9.61. The molecule has 0 saturated carbocycles. The Kier molecular flexibility index (Phi) is 4.86. The highest BCUT2D eigenvalue weighted by molar-refractivity contribution is 5.84. The van der Waals surface area contributed by atoms with E-state index in [4.69, 9.17) is 10.8 Å². The molecule has 0 saturated heterocycles. The van der Waals surface area contributed by atoms with Crippen molar-refractivity contribution in [3.63, 3.8) is 0 Å². The summed E-state index contributed by atoms with van der Waals surface area (Å²) in [6.45, 7) is 1.87. The van der Waals surface area contributed by atoms with Crippen LogP contribution < -0.4 is 5.73 Å². The Morgan fingerprint density at radius 1 is 1.30 bits per heavy atom. The summed E-state index contributed by atoms with van der Waals surface area (Å²) in [5, 5.41) is 13.7. The second-order valence-electron chi connectivity index (χ2n) is 5.05. The van der Waals surface area contributed by atoms with Crippen LogP contribution in [0.2, 0.25) is 0 Å². The maximum absolute atomic E-state index is 8.75. The van der Waals surface area contributed by atoms with Gasteiger partial charge in [0, 0.05) is 13.7 Å². The molecule has 3 N–H and O–H groups in total. The van der Waals surface area contributed by atoms with Crippen LogP contribution in [0.25, 0.3) is 11.0 Å². The Morgan fingerprint density at radius 3 is 2.85 bits per heavy atom. The van der Waals surface area contributed by atoms with E-state index in [-0.39, 0.29) is 6.61 Å². The lowest BCUT2D eigenvalue weighted by molar-refractivity contribution is 0.269. The van der Waals surface area contributed by atoms with Crippen molar-refractivity contribution in [2.45, 2.75) is 25.8 Å². The minimum atomic E-state index is 0.264. The van der Waals surface area contributed by atoms with E-state index >= 15 is 0 Å². The molecule has 0 aliphatic carbocycles. The third-order valence-electron chi connectivity index (χ3n) is 3.28. The third kappa shape index (κ3) is 3.43. The molecule has 2 rings (SSSR count). The van der Waals surface area contributed by atoms with Crippen LogP contribution in [0.15, 0.2) is 6.20 Å². The van der Waals surface area contributed by atoms with Crippen molar-refractivity contribution in [1.82, 2.24) is 24.6 Å². The van der Waals surface area contributed by atoms with Gasteiger partial charge in [0.1, 0.15) is 11.6 Å². The second kappa shape index (κ2) is 6.62. The van der Waals surface area contributed by atoms with Gasteiger partial charge in [-0.25, -0.2) is 9.97 Å². The Hall–Kier alpha value is -1.73. The molecule has 0 unspecified atom stereocenters. The molecule has 0 spiro atoms. The molecular weight excluding hydrogens is 256 g/mol. The number of anilines is 1. The minimum Gasteiger partial charge on any atom is -0.396 e. The van der Waals surface area contributed by atoms with Gasteiger partial charge in [-0.15, -0.1) is 0 Å². The highest BCUT2D eigenvalue weighted by Crippen LogP contribution is 2.16. The minimum absolute atomic E-state index is 0.264. The molecule has 2 aromatic rings. The molecule has 0 bridgehead atoms. The smallest absolute Gasteiger partial charge is 0.163 e. The number of hydrogen-bond acceptors (Lipinski definition) is 6. The van der Waals surface area contributed by atoms with E-state index < -0.39 is 0 Å². The van der Waals surface area contributed by atoms with Crippen molar-refractivity contribution in [3.05, 3.63) is 12.0 Å². The van der Waals surface area contributed by atoms with Gasteiger partial charge < -0.3 is 10.8 Å². The quantitative estimate of drug-likeness (QED) is 0.718. The van der Waals surface area contributed by atoms with Crippen molar-refractivity contribution in [3.8, 4) is 0 Å². The number of fused-ring (bicyclic) bond motifs is 1. The summed E-state index contributed by atoms with van der Waals surface area (Å²) in [4.78, 5) is 11.0. The summed E-state index contributed by atoms with van der Waals surface area (Å²) < 4.78 is 1.71. The molecule has 2 heterocycles. The molecule has 0 aromatic carbocycles. The van der Waals surface area contributed by atoms with E-state index in [2.05, 4.69) is 20.0 Å². The van der Waals surface area contributed by atoms with E-state index in [0.717, 1.165) is 36.8 Å². The summed E-state index contributed by atoms with van der Waals surface area (Å²) in [6.07, 6.45) is 4.64. The summed E-state index contributed by atoms with van der Waals surface area (Å²) in [5.41, 5.74) is 6.70. The van der Waals surface area contributed by atoms with Crippen LogP contribution in [-0.2, 0) is 13.6 Å². The van der Waals surface area contributed by atoms with Gasteiger partial charge in [0.25, 0.3) is 0 Å². The molecular formula is C13H22N6O. The van der Waals surface area contributed by atoms with Crippen LogP contribution >= 0.6 is 0 Å². The van der Waals surface area contributed by atoms with Gasteiger partial charge in [-0.1, -0.05) is 0 Å². The van der Waals surface area contributed by atoms with Crippen LogP contribution in [0.1, 0.15) is 25.1 Å². The number of rotatable bonds is 7. The molecule has 0 amide bonds. The molecule has 0 aliphatic rings. The molecule has 0 fully saturated rings. The normalized spacial score (nSPS) is 11.6. The summed E-state index contributed by atoms with van der Waals surface area (Å²) in [6, 6.07) is 0. The number of aliphatic hydroxyl groups is 1. The van der Waals surface area contributed by atoms with Gasteiger partial charge in [0.05, 0.1) is 18.1 Å². The standard InChI is InChI=1S/C13H22N6O/c1-18(6-4-3-5-7-20)9-11-16-12(14)10-8-15-19(2)13(10)17-11/h8,20H,3-7,9H2,1-2H3,(H2,14,16,17). The van der Waals surface area contributed by atoms with Gasteiger partial charge in [-0.05, 0) is 32.9 Å². The van der Waals surface area contributed by atoms with E-state index in [1.54, 1.807) is 10.9 Å². The zero-order chi connectivity index (χ0) is 14.5. The number of aliphatic hydroxyl groups excluding tert-OH is 1. The van der Waals surface area contributed by atoms with Crippen molar-refractivity contribution in [2.75, 3.05) is 25.9 Å². The molecule has 7 heteroatoms. The number of nitrogens with two attached hydrogens (primary N) is 1. The zero-order valence-corrected chi connectivity index (χ0v) is 12.1. The molecule has 110 valence electrons. The average Bonchev–Trinajstić information content (AvgIpc) is 2.77. The van der Waals surface area contributed by atoms with Crippen LogP contribution in [-0.4, -0.2) is 50.0 Å². The van der Waals surface area contributed by atoms with Crippen molar-refractivity contribution in [1.29, 1.82) is 0 Å². The van der Waals surface area contributed by atoms with E-state index in [1.165, 1.54) is 0 Å². The maximum atomic E-state index is 8.75. The Morgan fingerprint density at radius 2 is 2.10 bits per heavy atom. The zero-order valence-electron chi connectivity index (χ0n) is 12.1. The number of hydrogen-bond donors (Lipinski definition) is 2. The highest BCUT2D eigenvalue weighted by atomic mass is 16.2. The van der Waals surface area contributed by atoms with E-state index in [0.29, 0.717) is 18.2 Å². The summed E-state index contributed by atoms with van der Waals surface area (Å²) in [5.74, 6) is 1.19. The molecule has 0 radical (unpaired) electrons. The number of aromatic nitrogens is 4. The number of nitrogen functional groups attached to an aromatic ring is 1. The Balaban J connectivity index is 2.00. The van der Waals surface area contributed by atoms with Gasteiger partial charge >= 0.3 is 0 Å². The van der Waals surface area contributed by atoms with Crippen molar-refractivity contribution >= 4 is 16.9 Å². The van der Waals surface area contributed by atoms with Crippen LogP contribution in [0, 0.1) is 0 Å². The SMILES string of the molecule is CN(CCCCCO)Cc1nc(N)c2cnn(C)c2n1. The van der Waals surface area contributed by atoms with Crippen LogP contribution in [0.3, 0.4) is 0 Å². The van der Waals surface area contributed by atoms with Gasteiger partial charge in [-0.3, -0.25) is 9.58 Å². The molecule has 7 nitrogen and oxygen atoms in total. The van der Waals surface area contributed by atoms with Gasteiger partial charge in [0.15, 0.2) is 5.65 Å². The first kappa shape index (κ1) is 14.7. The topological polar surface area (TPSA) is 93.1 Å². The van der Waals surface area contributed by atoms with Gasteiger partial charge in [-0.2, -0.15) is 5.10 Å². The van der Waals surface area contributed by atoms with Crippen molar-refractivity contribution < 1.29 is 5.11 Å². The lowest BCUT2D eigenvalue weighted by Crippen LogP contribution is -2.21. The fraction of sp³-hybridized carbons (Fsp3) is 0.615. The monoisotopic (exact) mass is 278 g/mol. The highest BCUT2D eigenvalue weighted by Gasteiger charge is 2.10. The predicted molar refractivity (Wildman–Crippen MR) is 78.0 cm³/mol. The first-order valence-corrected chi connectivity index (χ1v) is 6.85. The van der Waals surface area contributed by atoms with Crippen molar-refractivity contribution in [2.24, 2.45) is 7.05 Å². The fourth-order valence-corrected chi connectivity index (χ4v) is 2.15. The number of nitrogens with zero attached hydrogens (tertiary/aromatic N) is 5. The third-order valence-corrected chi connectivity index (χ3v) is 3.28. The lowest BCUT2D eigenvalue weighted by atomic mass is 10.2. The molecule has 2 aromatic heterocycles. The van der Waals surface area contributed by atoms with Gasteiger partial charge in [0.2, 0.25) is 0 Å². The largest absolute Gasteiger partial charge is 0.396 e. The molecule has 0 atom stereocenters. The first-order valence-electron chi connectivity index (χ1n) is 6.85. The predicted octanol–water partition coefficient (Wildman–Crippen LogP) is 0.540. The number of aryl methyl sites for hydroxylation is 1. The van der Waals surface area contributed by atoms with Crippen LogP contribution in [0.4, 0.5) is 5.82 Å². The fourth-order valence-electron chi connectivity index (χ4n) is 2.15. The van der Waals surface area contributed by atoms with Crippen LogP contribution in [0.5, 0.6) is 0 Å². The lowest BCUT2D eigenvalue weighted by Gasteiger charge is -2.15. The Bertz CT molecular complexity index is 567.